The van der Waals surface area contributed by atoms with Crippen LogP contribution in [0.3, 0.4) is 0 Å². The average molecular weight is 470 g/mol. The van der Waals surface area contributed by atoms with Crippen LogP contribution in [0.5, 0.6) is 0 Å². The molecule has 13 heteroatoms. The summed E-state index contributed by atoms with van der Waals surface area (Å²) in [5.41, 5.74) is 6.48. The summed E-state index contributed by atoms with van der Waals surface area (Å²) in [6, 6.07) is 6.33. The Morgan fingerprint density at radius 3 is 2.68 bits per heavy atom. The van der Waals surface area contributed by atoms with Crippen LogP contribution in [0, 0.1) is 17.1 Å². The molecule has 0 fully saturated rings. The van der Waals surface area contributed by atoms with Gasteiger partial charge in [-0.15, -0.1) is 0 Å². The van der Waals surface area contributed by atoms with Crippen LogP contribution in [0.1, 0.15) is 11.1 Å². The number of hydrogen-bond donors (Lipinski definition) is 3. The third-order valence-electron chi connectivity index (χ3n) is 4.78. The molecule has 4 rings (SSSR count). The minimum Gasteiger partial charge on any atom is -0.382 e. The maximum atomic E-state index is 14.8. The number of benzene rings is 1. The van der Waals surface area contributed by atoms with Crippen molar-refractivity contribution in [2.45, 2.75) is 12.6 Å². The first-order chi connectivity index (χ1) is 16.2. The second kappa shape index (κ2) is 8.66. The van der Waals surface area contributed by atoms with Crippen LogP contribution < -0.4 is 16.4 Å². The Kier molecular flexibility index (Phi) is 5.72. The van der Waals surface area contributed by atoms with Gasteiger partial charge in [0.1, 0.15) is 23.5 Å². The molecule has 0 aliphatic heterocycles. The lowest BCUT2D eigenvalue weighted by Crippen LogP contribution is -2.21. The first-order valence-corrected chi connectivity index (χ1v) is 9.56. The minimum absolute atomic E-state index is 0.00610. The van der Waals surface area contributed by atoms with Crippen LogP contribution in [0.4, 0.5) is 39.7 Å². The van der Waals surface area contributed by atoms with Gasteiger partial charge in [-0.05, 0) is 35.4 Å². The second-order valence-corrected chi connectivity index (χ2v) is 7.00. The molecule has 0 atom stereocenters. The van der Waals surface area contributed by atoms with Gasteiger partial charge in [0.2, 0.25) is 0 Å². The number of nitrogen functional groups attached to an aromatic ring is 1. The topological polar surface area (TPSA) is 134 Å². The molecule has 172 valence electrons. The van der Waals surface area contributed by atoms with Crippen LogP contribution in [-0.2, 0) is 12.6 Å². The molecule has 0 radical (unpaired) electrons. The molecule has 0 saturated heterocycles. The number of nitrogens with zero attached hydrogens (tertiary/aromatic N) is 5. The van der Waals surface area contributed by atoms with Gasteiger partial charge in [0, 0.05) is 18.0 Å². The normalized spacial score (nSPS) is 11.3. The number of nitriles is 1. The van der Waals surface area contributed by atoms with E-state index in [0.29, 0.717) is 28.3 Å². The van der Waals surface area contributed by atoms with Crippen LogP contribution in [-0.4, -0.2) is 25.6 Å². The van der Waals surface area contributed by atoms with Gasteiger partial charge < -0.3 is 11.1 Å². The van der Waals surface area contributed by atoms with Gasteiger partial charge >= 0.3 is 12.2 Å². The number of carbonyl (C=O) groups is 1. The number of hydrogen-bond acceptors (Lipinski definition) is 6. The van der Waals surface area contributed by atoms with Crippen molar-refractivity contribution < 1.29 is 22.4 Å². The van der Waals surface area contributed by atoms with Gasteiger partial charge in [0.05, 0.1) is 23.7 Å². The maximum Gasteiger partial charge on any atom is 0.416 e. The monoisotopic (exact) mass is 470 g/mol. The van der Waals surface area contributed by atoms with E-state index in [1.807, 2.05) is 6.07 Å². The highest BCUT2D eigenvalue weighted by Crippen LogP contribution is 2.34. The number of amides is 2. The van der Waals surface area contributed by atoms with Gasteiger partial charge in [-0.1, -0.05) is 6.07 Å². The smallest absolute Gasteiger partial charge is 0.382 e. The molecule has 4 N–H and O–H groups in total. The van der Waals surface area contributed by atoms with Crippen LogP contribution in [0.15, 0.2) is 49.1 Å². The SMILES string of the molecule is N#CCc1cn2ncnc(N)c2c1-c1ccc(NC(=O)Nc2cc(C(F)(F)F)ccn2)c(F)c1. The molecule has 0 saturated carbocycles. The first kappa shape index (κ1) is 22.5. The van der Waals surface area contributed by atoms with E-state index in [-0.39, 0.29) is 23.7 Å². The number of alkyl halides is 3. The van der Waals surface area contributed by atoms with Crippen molar-refractivity contribution in [3.8, 4) is 17.2 Å². The quantitative estimate of drug-likeness (QED) is 0.382. The number of urea groups is 1. The zero-order chi connectivity index (χ0) is 24.5. The fraction of sp³-hybridized carbons (Fsp3) is 0.0952. The van der Waals surface area contributed by atoms with Crippen LogP contribution in [0.2, 0.25) is 0 Å². The molecule has 9 nitrogen and oxygen atoms in total. The highest BCUT2D eigenvalue weighted by Gasteiger charge is 2.31. The lowest BCUT2D eigenvalue weighted by molar-refractivity contribution is -0.137. The van der Waals surface area contributed by atoms with E-state index in [0.717, 1.165) is 18.3 Å². The van der Waals surface area contributed by atoms with Crippen molar-refractivity contribution >= 4 is 28.9 Å². The lowest BCUT2D eigenvalue weighted by atomic mass is 10.0. The lowest BCUT2D eigenvalue weighted by Gasteiger charge is -2.11. The van der Waals surface area contributed by atoms with E-state index in [1.54, 1.807) is 6.20 Å². The highest BCUT2D eigenvalue weighted by molar-refractivity contribution is 5.99. The third-order valence-corrected chi connectivity index (χ3v) is 4.78. The molecular weight excluding hydrogens is 456 g/mol. The van der Waals surface area contributed by atoms with Gasteiger partial charge in [-0.3, -0.25) is 5.32 Å². The zero-order valence-corrected chi connectivity index (χ0v) is 17.1. The molecule has 1 aromatic carbocycles. The Morgan fingerprint density at radius 2 is 1.97 bits per heavy atom. The predicted octanol–water partition coefficient (Wildman–Crippen LogP) is 4.24. The Balaban J connectivity index is 1.60. The summed E-state index contributed by atoms with van der Waals surface area (Å²) in [5, 5.41) is 17.6. The predicted molar refractivity (Wildman–Crippen MR) is 114 cm³/mol. The second-order valence-electron chi connectivity index (χ2n) is 7.00. The van der Waals surface area contributed by atoms with Gasteiger partial charge in [-0.2, -0.15) is 23.5 Å². The summed E-state index contributed by atoms with van der Waals surface area (Å²) >= 11 is 0. The summed E-state index contributed by atoms with van der Waals surface area (Å²) in [7, 11) is 0. The summed E-state index contributed by atoms with van der Waals surface area (Å²) in [4.78, 5) is 19.8. The Hall–Kier alpha value is -4.73. The molecule has 34 heavy (non-hydrogen) atoms. The summed E-state index contributed by atoms with van der Waals surface area (Å²) in [6.45, 7) is 0. The molecule has 2 amide bonds. The third kappa shape index (κ3) is 4.42. The number of rotatable bonds is 4. The first-order valence-electron chi connectivity index (χ1n) is 9.56. The number of anilines is 3. The van der Waals surface area contributed by atoms with Crippen molar-refractivity contribution in [3.05, 3.63) is 66.0 Å². The number of aromatic nitrogens is 4. The Morgan fingerprint density at radius 1 is 1.18 bits per heavy atom. The summed E-state index contributed by atoms with van der Waals surface area (Å²) < 4.78 is 54.7. The molecule has 0 spiro atoms. The van der Waals surface area contributed by atoms with Gasteiger partial charge in [-0.25, -0.2) is 23.7 Å². The Labute approximate surface area is 188 Å². The summed E-state index contributed by atoms with van der Waals surface area (Å²) in [6.07, 6.45) is -0.879. The van der Waals surface area contributed by atoms with Crippen molar-refractivity contribution in [2.24, 2.45) is 0 Å². The number of carbonyl (C=O) groups excluding carboxylic acids is 1. The van der Waals surface area contributed by atoms with E-state index >= 15 is 0 Å². The maximum absolute atomic E-state index is 14.8. The number of pyridine rings is 1. The molecule has 4 aromatic rings. The highest BCUT2D eigenvalue weighted by atomic mass is 19.4. The zero-order valence-electron chi connectivity index (χ0n) is 17.1. The average Bonchev–Trinajstić information content (AvgIpc) is 3.14. The minimum atomic E-state index is -4.61. The molecule has 3 heterocycles. The number of nitrogens with one attached hydrogen (secondary N) is 2. The number of fused-ring (bicyclic) bond motifs is 1. The van der Waals surface area contributed by atoms with Crippen molar-refractivity contribution in [1.29, 1.82) is 5.26 Å². The standard InChI is InChI=1S/C21H14F4N8O/c22-14-7-11(17-12(3-5-26)9-33-18(17)19(27)29-10-30-33)1-2-15(14)31-20(34)32-16-8-13(4-6-28-16)21(23,24)25/h1-2,4,6-10H,3H2,(H2,27,29,30)(H2,28,31,32,34). The fourth-order valence-corrected chi connectivity index (χ4v) is 3.34. The molecule has 0 aliphatic rings. The molecule has 0 aliphatic carbocycles. The van der Waals surface area contributed by atoms with Crippen molar-refractivity contribution in [1.82, 2.24) is 19.6 Å². The fourth-order valence-electron chi connectivity index (χ4n) is 3.34. The number of halogens is 4. The molecule has 0 bridgehead atoms. The van der Waals surface area contributed by atoms with Crippen LogP contribution >= 0.6 is 0 Å². The summed E-state index contributed by atoms with van der Waals surface area (Å²) in [5.74, 6) is -1.06. The van der Waals surface area contributed by atoms with E-state index < -0.39 is 23.6 Å². The number of nitrogens with two attached hydrogens (primary N) is 1. The van der Waals surface area contributed by atoms with Crippen molar-refractivity contribution in [3.63, 3.8) is 0 Å². The van der Waals surface area contributed by atoms with Gasteiger partial charge in [0.15, 0.2) is 5.82 Å². The van der Waals surface area contributed by atoms with E-state index in [2.05, 4.69) is 25.7 Å². The van der Waals surface area contributed by atoms with E-state index in [9.17, 15) is 22.4 Å². The van der Waals surface area contributed by atoms with Gasteiger partial charge in [0.25, 0.3) is 0 Å². The van der Waals surface area contributed by atoms with Crippen LogP contribution in [0.25, 0.3) is 16.6 Å². The molecular formula is C21H14F4N8O. The van der Waals surface area contributed by atoms with E-state index in [1.165, 1.54) is 23.0 Å². The Bertz CT molecular complexity index is 1440. The van der Waals surface area contributed by atoms with Crippen molar-refractivity contribution in [2.75, 3.05) is 16.4 Å². The molecule has 3 aromatic heterocycles. The molecule has 0 unspecified atom stereocenters. The van der Waals surface area contributed by atoms with E-state index in [4.69, 9.17) is 11.0 Å². The largest absolute Gasteiger partial charge is 0.416 e.